The first-order chi connectivity index (χ1) is 7.31. The maximum absolute atomic E-state index is 4.57. The molecule has 0 aliphatic carbocycles. The molecule has 1 aromatic rings. The SMILES string of the molecule is CCN(C1=NCC(C)S1)c1ccccc1. The molecule has 1 aliphatic heterocycles. The maximum atomic E-state index is 4.57. The molecule has 0 spiro atoms. The second-order valence-corrected chi connectivity index (χ2v) is 5.04. The van der Waals surface area contributed by atoms with Gasteiger partial charge in [-0.2, -0.15) is 0 Å². The summed E-state index contributed by atoms with van der Waals surface area (Å²) in [6.45, 7) is 6.31. The van der Waals surface area contributed by atoms with Gasteiger partial charge in [-0.25, -0.2) is 0 Å². The molecule has 0 amide bonds. The number of thioether (sulfide) groups is 1. The van der Waals surface area contributed by atoms with Crippen LogP contribution in [0.2, 0.25) is 0 Å². The van der Waals surface area contributed by atoms with Crippen LogP contribution in [0.25, 0.3) is 0 Å². The Morgan fingerprint density at radius 3 is 2.67 bits per heavy atom. The van der Waals surface area contributed by atoms with Crippen LogP contribution in [-0.2, 0) is 0 Å². The fourth-order valence-electron chi connectivity index (χ4n) is 1.65. The van der Waals surface area contributed by atoms with Crippen LogP contribution in [0.15, 0.2) is 35.3 Å². The molecule has 1 atom stereocenters. The van der Waals surface area contributed by atoms with Gasteiger partial charge in [0.05, 0.1) is 6.54 Å². The largest absolute Gasteiger partial charge is 0.322 e. The third-order valence-corrected chi connectivity index (χ3v) is 3.52. The van der Waals surface area contributed by atoms with Crippen molar-refractivity contribution in [2.24, 2.45) is 4.99 Å². The smallest absolute Gasteiger partial charge is 0.164 e. The number of hydrogen-bond acceptors (Lipinski definition) is 3. The van der Waals surface area contributed by atoms with Crippen LogP contribution >= 0.6 is 11.8 Å². The number of rotatable bonds is 2. The molecule has 0 fully saturated rings. The molecule has 15 heavy (non-hydrogen) atoms. The summed E-state index contributed by atoms with van der Waals surface area (Å²) in [7, 11) is 0. The third kappa shape index (κ3) is 2.34. The number of para-hydroxylation sites is 1. The number of hydrogen-bond donors (Lipinski definition) is 0. The van der Waals surface area contributed by atoms with E-state index in [0.717, 1.165) is 18.3 Å². The lowest BCUT2D eigenvalue weighted by Crippen LogP contribution is -2.27. The molecule has 0 radical (unpaired) electrons. The maximum Gasteiger partial charge on any atom is 0.164 e. The molecule has 1 aliphatic rings. The lowest BCUT2D eigenvalue weighted by molar-refractivity contribution is 0.968. The van der Waals surface area contributed by atoms with Gasteiger partial charge < -0.3 is 4.90 Å². The summed E-state index contributed by atoms with van der Waals surface area (Å²) in [6, 6.07) is 10.5. The predicted octanol–water partition coefficient (Wildman–Crippen LogP) is 3.00. The number of amidine groups is 1. The van der Waals surface area contributed by atoms with E-state index in [-0.39, 0.29) is 0 Å². The molecule has 2 nitrogen and oxygen atoms in total. The van der Waals surface area contributed by atoms with E-state index in [4.69, 9.17) is 0 Å². The Balaban J connectivity index is 2.18. The van der Waals surface area contributed by atoms with E-state index < -0.39 is 0 Å². The summed E-state index contributed by atoms with van der Waals surface area (Å²) in [5, 5.41) is 1.79. The van der Waals surface area contributed by atoms with E-state index in [0.29, 0.717) is 5.25 Å². The average Bonchev–Trinajstić information content (AvgIpc) is 2.68. The van der Waals surface area contributed by atoms with Crippen molar-refractivity contribution in [1.82, 2.24) is 0 Å². The van der Waals surface area contributed by atoms with E-state index in [1.54, 1.807) is 0 Å². The first kappa shape index (κ1) is 10.6. The van der Waals surface area contributed by atoms with Gasteiger partial charge in [0.15, 0.2) is 5.17 Å². The van der Waals surface area contributed by atoms with Gasteiger partial charge >= 0.3 is 0 Å². The zero-order chi connectivity index (χ0) is 10.7. The first-order valence-electron chi connectivity index (χ1n) is 5.35. The monoisotopic (exact) mass is 220 g/mol. The summed E-state index contributed by atoms with van der Waals surface area (Å²) < 4.78 is 0. The molecule has 2 rings (SSSR count). The van der Waals surface area contributed by atoms with Crippen LogP contribution in [-0.4, -0.2) is 23.5 Å². The average molecular weight is 220 g/mol. The van der Waals surface area contributed by atoms with Gasteiger partial charge in [-0.15, -0.1) is 0 Å². The Morgan fingerprint density at radius 2 is 2.13 bits per heavy atom. The number of anilines is 1. The Hall–Kier alpha value is -0.960. The molecule has 0 aromatic heterocycles. The zero-order valence-corrected chi connectivity index (χ0v) is 10.00. The predicted molar refractivity (Wildman–Crippen MR) is 68.8 cm³/mol. The van der Waals surface area contributed by atoms with Gasteiger partial charge in [0.25, 0.3) is 0 Å². The van der Waals surface area contributed by atoms with E-state index in [2.05, 4.69) is 48.0 Å². The van der Waals surface area contributed by atoms with Gasteiger partial charge in [-0.3, -0.25) is 4.99 Å². The van der Waals surface area contributed by atoms with E-state index in [1.807, 2.05) is 17.8 Å². The van der Waals surface area contributed by atoms with Crippen LogP contribution in [0.3, 0.4) is 0 Å². The van der Waals surface area contributed by atoms with Crippen molar-refractivity contribution in [3.63, 3.8) is 0 Å². The van der Waals surface area contributed by atoms with Gasteiger partial charge in [-0.05, 0) is 19.1 Å². The molecular weight excluding hydrogens is 204 g/mol. The van der Waals surface area contributed by atoms with Gasteiger partial charge in [0.1, 0.15) is 0 Å². The Kier molecular flexibility index (Phi) is 3.31. The number of benzene rings is 1. The summed E-state index contributed by atoms with van der Waals surface area (Å²) in [4.78, 5) is 6.84. The normalized spacial score (nSPS) is 20.1. The quantitative estimate of drug-likeness (QED) is 0.761. The van der Waals surface area contributed by atoms with E-state index >= 15 is 0 Å². The first-order valence-corrected chi connectivity index (χ1v) is 6.23. The van der Waals surface area contributed by atoms with Crippen LogP contribution in [0, 0.1) is 0 Å². The fourth-order valence-corrected chi connectivity index (χ4v) is 2.67. The van der Waals surface area contributed by atoms with Crippen molar-refractivity contribution >= 4 is 22.6 Å². The molecule has 1 heterocycles. The van der Waals surface area contributed by atoms with Gasteiger partial charge in [-0.1, -0.05) is 36.9 Å². The highest BCUT2D eigenvalue weighted by molar-refractivity contribution is 8.15. The van der Waals surface area contributed by atoms with Crippen LogP contribution in [0.1, 0.15) is 13.8 Å². The minimum Gasteiger partial charge on any atom is -0.322 e. The number of aliphatic imine (C=N–C) groups is 1. The minimum atomic E-state index is 0.623. The van der Waals surface area contributed by atoms with Crippen LogP contribution in [0.4, 0.5) is 5.69 Å². The standard InChI is InChI=1S/C12H16N2S/c1-3-14(11-7-5-4-6-8-11)12-13-9-10(2)15-12/h4-8,10H,3,9H2,1-2H3. The molecule has 1 aromatic carbocycles. The van der Waals surface area contributed by atoms with Crippen molar-refractivity contribution in [2.45, 2.75) is 19.1 Å². The van der Waals surface area contributed by atoms with E-state index in [1.165, 1.54) is 5.69 Å². The summed E-state index contributed by atoms with van der Waals surface area (Å²) in [5.41, 5.74) is 1.24. The molecule has 0 bridgehead atoms. The Labute approximate surface area is 95.4 Å². The third-order valence-electron chi connectivity index (χ3n) is 2.41. The number of nitrogens with zero attached hydrogens (tertiary/aromatic N) is 2. The van der Waals surface area contributed by atoms with Crippen molar-refractivity contribution in [3.05, 3.63) is 30.3 Å². The van der Waals surface area contributed by atoms with E-state index in [9.17, 15) is 0 Å². The summed E-state index contributed by atoms with van der Waals surface area (Å²) in [6.07, 6.45) is 0. The topological polar surface area (TPSA) is 15.6 Å². The van der Waals surface area contributed by atoms with Gasteiger partial charge in [0.2, 0.25) is 0 Å². The summed E-state index contributed by atoms with van der Waals surface area (Å²) in [5.74, 6) is 0. The molecule has 80 valence electrons. The van der Waals surface area contributed by atoms with Crippen LogP contribution in [0.5, 0.6) is 0 Å². The molecule has 0 saturated heterocycles. The second kappa shape index (κ2) is 4.71. The lowest BCUT2D eigenvalue weighted by Gasteiger charge is -2.22. The Bertz CT molecular complexity index is 348. The van der Waals surface area contributed by atoms with Crippen molar-refractivity contribution < 1.29 is 0 Å². The second-order valence-electron chi connectivity index (χ2n) is 3.63. The highest BCUT2D eigenvalue weighted by Crippen LogP contribution is 2.26. The van der Waals surface area contributed by atoms with Crippen LogP contribution < -0.4 is 4.90 Å². The highest BCUT2D eigenvalue weighted by Gasteiger charge is 2.20. The molecular formula is C12H16N2S. The minimum absolute atomic E-state index is 0.623. The molecule has 0 N–H and O–H groups in total. The molecule has 3 heteroatoms. The van der Waals surface area contributed by atoms with Crippen molar-refractivity contribution in [1.29, 1.82) is 0 Å². The fraction of sp³-hybridized carbons (Fsp3) is 0.417. The molecule has 0 saturated carbocycles. The summed E-state index contributed by atoms with van der Waals surface area (Å²) >= 11 is 1.87. The highest BCUT2D eigenvalue weighted by atomic mass is 32.2. The van der Waals surface area contributed by atoms with Gasteiger partial charge in [0, 0.05) is 17.5 Å². The lowest BCUT2D eigenvalue weighted by atomic mass is 10.3. The van der Waals surface area contributed by atoms with Crippen molar-refractivity contribution in [2.75, 3.05) is 18.0 Å². The Morgan fingerprint density at radius 1 is 1.40 bits per heavy atom. The zero-order valence-electron chi connectivity index (χ0n) is 9.18. The van der Waals surface area contributed by atoms with Crippen molar-refractivity contribution in [3.8, 4) is 0 Å². The molecule has 1 unspecified atom stereocenters.